The van der Waals surface area contributed by atoms with Gasteiger partial charge in [-0.15, -0.1) is 0 Å². The van der Waals surface area contributed by atoms with Crippen molar-refractivity contribution in [2.45, 2.75) is 39.5 Å². The van der Waals surface area contributed by atoms with Crippen molar-refractivity contribution < 1.29 is 9.84 Å². The summed E-state index contributed by atoms with van der Waals surface area (Å²) in [6.07, 6.45) is 0.901. The maximum Gasteiger partial charge on any atom is 0.330 e. The number of ether oxygens (including phenoxy) is 1. The molecule has 0 saturated carbocycles. The topological polar surface area (TPSA) is 84.3 Å². The van der Waals surface area contributed by atoms with E-state index in [0.29, 0.717) is 6.42 Å². The number of nitrogens with zero attached hydrogens (tertiary/aromatic N) is 1. The van der Waals surface area contributed by atoms with Crippen LogP contribution in [0.3, 0.4) is 0 Å². The second-order valence-electron chi connectivity index (χ2n) is 6.01. The Morgan fingerprint density at radius 2 is 2.16 bits per heavy atom. The van der Waals surface area contributed by atoms with E-state index in [1.165, 1.54) is 12.3 Å². The van der Waals surface area contributed by atoms with Crippen LogP contribution in [0.25, 0.3) is 0 Å². The van der Waals surface area contributed by atoms with Gasteiger partial charge in [0, 0.05) is 12.3 Å². The average molecular weight is 268 g/mol. The molecule has 0 spiro atoms. The Hall–Kier alpha value is -1.40. The molecule has 1 aliphatic rings. The SMILES string of the molecule is CC(C)(C)[C@@H]1C[C@@H](n2c(=O)cc[nH]c2=O)O[C@@H]1CO. The molecule has 2 rings (SSSR count). The Morgan fingerprint density at radius 3 is 2.63 bits per heavy atom. The third-order valence-corrected chi connectivity index (χ3v) is 3.71. The summed E-state index contributed by atoms with van der Waals surface area (Å²) in [5.74, 6) is 0.0917. The fourth-order valence-corrected chi connectivity index (χ4v) is 2.68. The van der Waals surface area contributed by atoms with E-state index in [0.717, 1.165) is 4.57 Å². The van der Waals surface area contributed by atoms with Crippen LogP contribution in [0, 0.1) is 11.3 Å². The Kier molecular flexibility index (Phi) is 3.64. The van der Waals surface area contributed by atoms with Gasteiger partial charge in [0.25, 0.3) is 5.56 Å². The van der Waals surface area contributed by atoms with E-state index in [9.17, 15) is 14.7 Å². The molecule has 6 nitrogen and oxygen atoms in total. The molecule has 0 bridgehead atoms. The maximum absolute atomic E-state index is 11.8. The highest BCUT2D eigenvalue weighted by Crippen LogP contribution is 2.42. The second-order valence-corrected chi connectivity index (χ2v) is 6.01. The minimum atomic E-state index is -0.612. The zero-order valence-electron chi connectivity index (χ0n) is 11.4. The van der Waals surface area contributed by atoms with Crippen molar-refractivity contribution in [3.63, 3.8) is 0 Å². The third-order valence-electron chi connectivity index (χ3n) is 3.71. The van der Waals surface area contributed by atoms with Gasteiger partial charge in [-0.1, -0.05) is 20.8 Å². The molecule has 6 heteroatoms. The molecule has 0 aliphatic carbocycles. The molecule has 0 unspecified atom stereocenters. The summed E-state index contributed by atoms with van der Waals surface area (Å²) in [6, 6.07) is 1.29. The Bertz CT molecular complexity index is 526. The first-order valence-corrected chi connectivity index (χ1v) is 6.41. The molecule has 0 radical (unpaired) electrons. The number of aliphatic hydroxyl groups excluding tert-OH is 1. The highest BCUT2D eigenvalue weighted by Gasteiger charge is 2.42. The molecule has 1 aliphatic heterocycles. The summed E-state index contributed by atoms with van der Waals surface area (Å²) in [4.78, 5) is 26.0. The van der Waals surface area contributed by atoms with E-state index in [1.54, 1.807) is 0 Å². The monoisotopic (exact) mass is 268 g/mol. The van der Waals surface area contributed by atoms with Crippen LogP contribution < -0.4 is 11.2 Å². The third kappa shape index (κ3) is 2.64. The molecule has 19 heavy (non-hydrogen) atoms. The number of aliphatic hydroxyl groups is 1. The second kappa shape index (κ2) is 4.94. The number of hydrogen-bond acceptors (Lipinski definition) is 4. The normalized spacial score (nSPS) is 27.7. The van der Waals surface area contributed by atoms with E-state index in [4.69, 9.17) is 4.74 Å². The van der Waals surface area contributed by atoms with Gasteiger partial charge >= 0.3 is 5.69 Å². The highest BCUT2D eigenvalue weighted by molar-refractivity contribution is 4.91. The maximum atomic E-state index is 11.8. The summed E-state index contributed by atoms with van der Waals surface area (Å²) in [6.45, 7) is 6.07. The lowest BCUT2D eigenvalue weighted by Gasteiger charge is -2.29. The standard InChI is InChI=1S/C13H20N2O4/c1-13(2,3)8-6-11(19-9(8)7-16)15-10(17)4-5-14-12(15)18/h4-5,8-9,11,16H,6-7H2,1-3H3,(H,14,18)/t8-,9-,11+/m1/s1. The van der Waals surface area contributed by atoms with Gasteiger partial charge in [-0.05, 0) is 17.8 Å². The van der Waals surface area contributed by atoms with E-state index >= 15 is 0 Å². The lowest BCUT2D eigenvalue weighted by atomic mass is 9.76. The average Bonchev–Trinajstić information content (AvgIpc) is 2.72. The van der Waals surface area contributed by atoms with Gasteiger partial charge in [0.05, 0.1) is 12.7 Å². The van der Waals surface area contributed by atoms with Gasteiger partial charge in [0.2, 0.25) is 0 Å². The van der Waals surface area contributed by atoms with Crippen molar-refractivity contribution in [3.05, 3.63) is 33.1 Å². The number of aromatic amines is 1. The van der Waals surface area contributed by atoms with Crippen LogP contribution in [-0.2, 0) is 4.74 Å². The first-order chi connectivity index (χ1) is 8.84. The smallest absolute Gasteiger partial charge is 0.330 e. The lowest BCUT2D eigenvalue weighted by Crippen LogP contribution is -2.37. The van der Waals surface area contributed by atoms with Crippen LogP contribution in [0.5, 0.6) is 0 Å². The van der Waals surface area contributed by atoms with Crippen LogP contribution >= 0.6 is 0 Å². The molecule has 1 saturated heterocycles. The lowest BCUT2D eigenvalue weighted by molar-refractivity contribution is -0.0431. The number of H-pyrrole nitrogens is 1. The molecule has 106 valence electrons. The van der Waals surface area contributed by atoms with Crippen LogP contribution in [-0.4, -0.2) is 27.4 Å². The van der Waals surface area contributed by atoms with Crippen LogP contribution in [0.1, 0.15) is 33.4 Å². The zero-order chi connectivity index (χ0) is 14.2. The van der Waals surface area contributed by atoms with Gasteiger partial charge in [0.1, 0.15) is 6.23 Å². The van der Waals surface area contributed by atoms with Crippen molar-refractivity contribution in [2.24, 2.45) is 11.3 Å². The van der Waals surface area contributed by atoms with Gasteiger partial charge < -0.3 is 14.8 Å². The summed E-state index contributed by atoms with van der Waals surface area (Å²) < 4.78 is 6.77. The summed E-state index contributed by atoms with van der Waals surface area (Å²) >= 11 is 0. The molecule has 0 amide bonds. The zero-order valence-corrected chi connectivity index (χ0v) is 11.4. The Labute approximate surface area is 111 Å². The van der Waals surface area contributed by atoms with E-state index in [-0.39, 0.29) is 29.6 Å². The van der Waals surface area contributed by atoms with Crippen molar-refractivity contribution in [1.82, 2.24) is 9.55 Å². The molecule has 2 N–H and O–H groups in total. The fourth-order valence-electron chi connectivity index (χ4n) is 2.68. The van der Waals surface area contributed by atoms with Gasteiger partial charge in [-0.3, -0.25) is 4.79 Å². The number of aromatic nitrogens is 2. The van der Waals surface area contributed by atoms with E-state index < -0.39 is 11.9 Å². The summed E-state index contributed by atoms with van der Waals surface area (Å²) in [7, 11) is 0. The first-order valence-electron chi connectivity index (χ1n) is 6.41. The highest BCUT2D eigenvalue weighted by atomic mass is 16.5. The van der Waals surface area contributed by atoms with Crippen LogP contribution in [0.4, 0.5) is 0 Å². The van der Waals surface area contributed by atoms with Gasteiger partial charge in [0.15, 0.2) is 0 Å². The number of rotatable bonds is 2. The molecule has 1 aromatic heterocycles. The Balaban J connectivity index is 2.35. The molecule has 2 heterocycles. The minimum Gasteiger partial charge on any atom is -0.394 e. The van der Waals surface area contributed by atoms with Crippen molar-refractivity contribution in [3.8, 4) is 0 Å². The molecule has 1 aromatic rings. The van der Waals surface area contributed by atoms with Crippen LogP contribution in [0.15, 0.2) is 21.9 Å². The molecule has 1 fully saturated rings. The number of nitrogens with one attached hydrogen (secondary N) is 1. The molecule has 3 atom stereocenters. The molecular weight excluding hydrogens is 248 g/mol. The first kappa shape index (κ1) is 14.0. The summed E-state index contributed by atoms with van der Waals surface area (Å²) in [5.41, 5.74) is -0.934. The van der Waals surface area contributed by atoms with Crippen molar-refractivity contribution in [2.75, 3.05) is 6.61 Å². The van der Waals surface area contributed by atoms with Crippen molar-refractivity contribution in [1.29, 1.82) is 0 Å². The number of hydrogen-bond donors (Lipinski definition) is 2. The molecule has 0 aromatic carbocycles. The predicted octanol–water partition coefficient (Wildman–Crippen LogP) is 0.479. The predicted molar refractivity (Wildman–Crippen MR) is 69.9 cm³/mol. The van der Waals surface area contributed by atoms with E-state index in [1.807, 2.05) is 0 Å². The van der Waals surface area contributed by atoms with Gasteiger partial charge in [-0.2, -0.15) is 0 Å². The Morgan fingerprint density at radius 1 is 1.47 bits per heavy atom. The minimum absolute atomic E-state index is 0.0622. The van der Waals surface area contributed by atoms with Gasteiger partial charge in [-0.25, -0.2) is 9.36 Å². The fraction of sp³-hybridized carbons (Fsp3) is 0.692. The van der Waals surface area contributed by atoms with Crippen molar-refractivity contribution >= 4 is 0 Å². The molecular formula is C13H20N2O4. The summed E-state index contributed by atoms with van der Waals surface area (Å²) in [5, 5.41) is 9.40. The quantitative estimate of drug-likeness (QED) is 0.817. The largest absolute Gasteiger partial charge is 0.394 e. The van der Waals surface area contributed by atoms with Crippen LogP contribution in [0.2, 0.25) is 0 Å². The van der Waals surface area contributed by atoms with E-state index in [2.05, 4.69) is 25.8 Å².